The minimum Gasteiger partial charge on any atom is -0.509 e. The Kier molecular flexibility index (Phi) is 11.3. The van der Waals surface area contributed by atoms with E-state index in [1.165, 1.54) is 26.7 Å². The van der Waals surface area contributed by atoms with E-state index in [9.17, 15) is 5.48 Å². The summed E-state index contributed by atoms with van der Waals surface area (Å²) >= 11 is 0. The van der Waals surface area contributed by atoms with Crippen molar-refractivity contribution in [3.63, 3.8) is 0 Å². The molecular weight excluding hydrogens is 1160 g/mol. The van der Waals surface area contributed by atoms with Gasteiger partial charge in [-0.2, -0.15) is 12.1 Å². The molecule has 79 heavy (non-hydrogen) atoms. The van der Waals surface area contributed by atoms with Crippen molar-refractivity contribution < 1.29 is 35.4 Å². The van der Waals surface area contributed by atoms with Crippen LogP contribution in [0.1, 0.15) is 81.7 Å². The molecule has 0 saturated heterocycles. The minimum atomic E-state index is -3.05. The Morgan fingerprint density at radius 3 is 1.95 bits per heavy atom. The molecule has 0 fully saturated rings. The SMILES string of the molecule is [2H]c1c([2H])c([2H])c(-c2cccc(-c3cc(C(C)(C)C)cc(C(C)(C)C)c3)c2N2[CH-]N(c3[c-]c(Oc4[c-]c5c(cc4)[Si]4(c6ccccc6)c6ccccc6-c6cccc(c64)N5c4cc(C([2H])([2H])C(C)C)ccn4)ccc3)c3ccccc32)c([2H])c1[2H].[Pt]. The van der Waals surface area contributed by atoms with Gasteiger partial charge in [0, 0.05) is 75.4 Å². The molecule has 394 valence electrons. The maximum Gasteiger partial charge on any atom is 0.135 e. The molecule has 10 aromatic rings. The van der Waals surface area contributed by atoms with Crippen LogP contribution in [0.4, 0.5) is 39.9 Å². The van der Waals surface area contributed by atoms with E-state index in [-0.39, 0.29) is 55.5 Å². The number of pyridine rings is 1. The summed E-state index contributed by atoms with van der Waals surface area (Å²) in [5.74, 6) is 1.17. The second-order valence-electron chi connectivity index (χ2n) is 22.8. The summed E-state index contributed by atoms with van der Waals surface area (Å²) in [6.45, 7) is 19.0. The van der Waals surface area contributed by atoms with Gasteiger partial charge in [-0.15, -0.1) is 47.9 Å². The molecule has 4 heterocycles. The van der Waals surface area contributed by atoms with Crippen LogP contribution in [0.3, 0.4) is 0 Å². The summed E-state index contributed by atoms with van der Waals surface area (Å²) < 4.78 is 70.2. The van der Waals surface area contributed by atoms with Crippen molar-refractivity contribution in [2.24, 2.45) is 5.92 Å². The fourth-order valence-electron chi connectivity index (χ4n) is 11.8. The number of nitrogens with zero attached hydrogens (tertiary/aromatic N) is 4. The number of hydrogen-bond acceptors (Lipinski definition) is 5. The normalized spacial score (nSPS) is 16.5. The van der Waals surface area contributed by atoms with E-state index in [2.05, 4.69) is 167 Å². The summed E-state index contributed by atoms with van der Waals surface area (Å²) in [5, 5.41) is 4.89. The van der Waals surface area contributed by atoms with E-state index in [0.717, 1.165) is 50.2 Å². The first-order valence-corrected chi connectivity index (χ1v) is 28.8. The summed E-state index contributed by atoms with van der Waals surface area (Å²) in [7, 11) is -3.05. The maximum atomic E-state index is 9.32. The van der Waals surface area contributed by atoms with E-state index < -0.39 is 32.6 Å². The molecule has 3 aliphatic rings. The number of anilines is 7. The van der Waals surface area contributed by atoms with Crippen LogP contribution in [0.25, 0.3) is 33.4 Å². The quantitative estimate of drug-likeness (QED) is 0.101. The van der Waals surface area contributed by atoms with E-state index >= 15 is 0 Å². The largest absolute Gasteiger partial charge is 0.509 e. The molecule has 0 N–H and O–H groups in total. The van der Waals surface area contributed by atoms with Crippen LogP contribution >= 0.6 is 0 Å². The maximum absolute atomic E-state index is 9.32. The summed E-state index contributed by atoms with van der Waals surface area (Å²) in [5.41, 5.74) is 11.8. The molecular formula is C72H63N4OPtSi-3. The van der Waals surface area contributed by atoms with E-state index in [0.29, 0.717) is 39.8 Å². The fourth-order valence-corrected chi connectivity index (χ4v) is 17.2. The van der Waals surface area contributed by atoms with Crippen LogP contribution < -0.4 is 40.2 Å². The molecule has 13 rings (SSSR count). The summed E-state index contributed by atoms with van der Waals surface area (Å²) in [4.78, 5) is 11.3. The molecule has 0 saturated carbocycles. The molecule has 0 spiro atoms. The standard InChI is InChI=1S/C72H63N4OSi.Pt/c1-48(2)40-49-38-39-73-68(41-49)76-64-34-21-31-61-60-28-15-18-35-66(60)78(70(61)64,57-26-13-10-14-27-57)67-37-36-56(46-65(67)76)77-55-25-19-24-54(45-55)74-47-75(63-33-17-16-32-62(63)74)69-58(50-22-11-9-12-23-50)29-20-30-59(69)51-42-52(71(3,4)5)44-53(43-51)72(6,7)8;/h9-39,41-44,47-48H,40H2,1-8H3;/q-3;/i9D,11D,12D,22D,23D,40D2;. The Balaban J connectivity index is 0.00000724. The Morgan fingerprint density at radius 2 is 1.22 bits per heavy atom. The molecule has 0 amide bonds. The monoisotopic (exact) mass is 1230 g/mol. The number of ether oxygens (including phenoxy) is 1. The van der Waals surface area contributed by atoms with Gasteiger partial charge >= 0.3 is 0 Å². The number of rotatable bonds is 10. The first-order chi connectivity index (χ1) is 40.6. The molecule has 7 heteroatoms. The summed E-state index contributed by atoms with van der Waals surface area (Å²) in [6.07, 6.45) is 0.0780. The van der Waals surface area contributed by atoms with E-state index in [4.69, 9.17) is 13.8 Å². The van der Waals surface area contributed by atoms with Crippen LogP contribution in [-0.4, -0.2) is 13.1 Å². The van der Waals surface area contributed by atoms with Crippen LogP contribution in [0.2, 0.25) is 0 Å². The van der Waals surface area contributed by atoms with Crippen molar-refractivity contribution in [3.8, 4) is 44.9 Å². The van der Waals surface area contributed by atoms with Crippen molar-refractivity contribution in [3.05, 3.63) is 248 Å². The van der Waals surface area contributed by atoms with Gasteiger partial charge in [0.25, 0.3) is 0 Å². The Bertz CT molecular complexity index is 4290. The van der Waals surface area contributed by atoms with Gasteiger partial charge in [-0.25, -0.2) is 4.98 Å². The molecule has 1 atom stereocenters. The van der Waals surface area contributed by atoms with Crippen LogP contribution in [-0.2, 0) is 38.3 Å². The van der Waals surface area contributed by atoms with Crippen molar-refractivity contribution in [2.45, 2.75) is 72.6 Å². The van der Waals surface area contributed by atoms with Crippen LogP contribution in [0, 0.1) is 24.7 Å². The number of fused-ring (bicyclic) bond motifs is 6. The second-order valence-corrected chi connectivity index (χ2v) is 26.5. The third-order valence-corrected chi connectivity index (χ3v) is 20.3. The average Bonchev–Trinajstić information content (AvgIpc) is 1.47. The van der Waals surface area contributed by atoms with Gasteiger partial charge in [-0.3, -0.25) is 0 Å². The third kappa shape index (κ3) is 8.94. The number of aromatic nitrogens is 1. The molecule has 5 nitrogen and oxygen atoms in total. The smallest absolute Gasteiger partial charge is 0.135 e. The zero-order valence-corrected chi connectivity index (χ0v) is 48.8. The zero-order chi connectivity index (χ0) is 59.6. The Labute approximate surface area is 492 Å². The molecule has 3 aliphatic heterocycles. The predicted octanol–water partition coefficient (Wildman–Crippen LogP) is 16.1. The Morgan fingerprint density at radius 1 is 0.595 bits per heavy atom. The average molecular weight is 1230 g/mol. The zero-order valence-electron chi connectivity index (χ0n) is 52.5. The Hall–Kier alpha value is -7.76. The van der Waals surface area contributed by atoms with Crippen LogP contribution in [0.15, 0.2) is 212 Å². The molecule has 1 aromatic heterocycles. The number of para-hydroxylation sites is 3. The van der Waals surface area contributed by atoms with Gasteiger partial charge in [-0.1, -0.05) is 212 Å². The molecule has 1 unspecified atom stereocenters. The summed E-state index contributed by atoms with van der Waals surface area (Å²) in [6, 6.07) is 65.9. The van der Waals surface area contributed by atoms with Gasteiger partial charge in [0.1, 0.15) is 13.9 Å². The second kappa shape index (κ2) is 20.2. The van der Waals surface area contributed by atoms with Gasteiger partial charge in [-0.05, 0) is 103 Å². The van der Waals surface area contributed by atoms with Gasteiger partial charge in [0.05, 0.1) is 6.85 Å². The molecule has 0 bridgehead atoms. The van der Waals surface area contributed by atoms with Gasteiger partial charge < -0.3 is 19.4 Å². The predicted molar refractivity (Wildman–Crippen MR) is 328 cm³/mol. The third-order valence-electron chi connectivity index (χ3n) is 15.3. The molecule has 9 aromatic carbocycles. The first-order valence-electron chi connectivity index (χ1n) is 30.3. The fraction of sp³-hybridized carbons (Fsp3) is 0.167. The van der Waals surface area contributed by atoms with Crippen molar-refractivity contribution in [1.29, 1.82) is 0 Å². The molecule has 0 radical (unpaired) electrons. The number of hydrogen-bond donors (Lipinski definition) is 0. The first kappa shape index (κ1) is 44.1. The van der Waals surface area contributed by atoms with Crippen molar-refractivity contribution in [2.75, 3.05) is 14.7 Å². The van der Waals surface area contributed by atoms with Gasteiger partial charge in [0.15, 0.2) is 0 Å². The topological polar surface area (TPSA) is 31.8 Å². The molecule has 0 aliphatic carbocycles. The van der Waals surface area contributed by atoms with E-state index in [1.807, 2.05) is 92.1 Å². The van der Waals surface area contributed by atoms with Crippen LogP contribution in [0.5, 0.6) is 11.5 Å². The minimum absolute atomic E-state index is 0. The number of benzene rings is 9. The van der Waals surface area contributed by atoms with Crippen molar-refractivity contribution >= 4 is 68.8 Å². The van der Waals surface area contributed by atoms with E-state index in [1.54, 1.807) is 12.3 Å². The van der Waals surface area contributed by atoms with Gasteiger partial charge in [0.2, 0.25) is 0 Å². The van der Waals surface area contributed by atoms with Crippen molar-refractivity contribution in [1.82, 2.24) is 4.98 Å².